The SMILES string of the molecule is CCOc1ccc(-c2c(N(C)Cc3ccccc3)nc3cc(C)ccc3c2-c2ccccc2)cc1. The molecule has 5 rings (SSSR count). The number of hydrogen-bond acceptors (Lipinski definition) is 3. The van der Waals surface area contributed by atoms with Crippen LogP contribution < -0.4 is 9.64 Å². The summed E-state index contributed by atoms with van der Waals surface area (Å²) < 4.78 is 5.73. The number of fused-ring (bicyclic) bond motifs is 1. The lowest BCUT2D eigenvalue weighted by molar-refractivity contribution is 0.340. The van der Waals surface area contributed by atoms with Crippen LogP contribution in [0.4, 0.5) is 5.82 Å². The Hall–Kier alpha value is -4.11. The van der Waals surface area contributed by atoms with Gasteiger partial charge < -0.3 is 9.64 Å². The van der Waals surface area contributed by atoms with Crippen LogP contribution in [0.3, 0.4) is 0 Å². The molecule has 35 heavy (non-hydrogen) atoms. The van der Waals surface area contributed by atoms with E-state index in [2.05, 4.69) is 110 Å². The Bertz CT molecular complexity index is 1430. The molecule has 5 aromatic rings. The van der Waals surface area contributed by atoms with E-state index in [1.54, 1.807) is 0 Å². The van der Waals surface area contributed by atoms with Crippen molar-refractivity contribution in [1.82, 2.24) is 4.98 Å². The van der Waals surface area contributed by atoms with Gasteiger partial charge in [0, 0.05) is 30.1 Å². The predicted molar refractivity (Wildman–Crippen MR) is 147 cm³/mol. The Morgan fingerprint density at radius 3 is 2.09 bits per heavy atom. The van der Waals surface area contributed by atoms with Crippen molar-refractivity contribution in [1.29, 1.82) is 0 Å². The number of aromatic nitrogens is 1. The van der Waals surface area contributed by atoms with Gasteiger partial charge >= 0.3 is 0 Å². The third-order valence-corrected chi connectivity index (χ3v) is 6.26. The van der Waals surface area contributed by atoms with Crippen molar-refractivity contribution < 1.29 is 4.74 Å². The summed E-state index contributed by atoms with van der Waals surface area (Å²) in [6.07, 6.45) is 0. The highest BCUT2D eigenvalue weighted by Gasteiger charge is 2.21. The normalized spacial score (nSPS) is 10.9. The van der Waals surface area contributed by atoms with E-state index in [1.807, 2.05) is 19.1 Å². The van der Waals surface area contributed by atoms with Gasteiger partial charge in [-0.1, -0.05) is 84.9 Å². The molecule has 0 bridgehead atoms. The highest BCUT2D eigenvalue weighted by molar-refractivity contribution is 6.06. The van der Waals surface area contributed by atoms with E-state index in [0.717, 1.165) is 40.1 Å². The molecular weight excluding hydrogens is 428 g/mol. The molecule has 0 atom stereocenters. The van der Waals surface area contributed by atoms with Crippen LogP contribution >= 0.6 is 0 Å². The number of pyridine rings is 1. The molecule has 4 aromatic carbocycles. The van der Waals surface area contributed by atoms with Gasteiger partial charge in [0.15, 0.2) is 0 Å². The standard InChI is InChI=1S/C32H30N2O/c1-4-35-27-18-16-26(17-19-27)31-30(25-13-9-6-10-14-25)28-20-15-23(2)21-29(28)33-32(31)34(3)22-24-11-7-5-8-12-24/h5-21H,4,22H2,1-3H3. The number of rotatable bonds is 7. The molecule has 0 aliphatic heterocycles. The van der Waals surface area contributed by atoms with Gasteiger partial charge in [-0.15, -0.1) is 0 Å². The van der Waals surface area contributed by atoms with Crippen molar-refractivity contribution in [2.45, 2.75) is 20.4 Å². The van der Waals surface area contributed by atoms with Gasteiger partial charge in [0.1, 0.15) is 11.6 Å². The lowest BCUT2D eigenvalue weighted by atomic mass is 9.91. The van der Waals surface area contributed by atoms with Crippen LogP contribution in [0.1, 0.15) is 18.1 Å². The maximum Gasteiger partial charge on any atom is 0.137 e. The first kappa shape index (κ1) is 22.7. The topological polar surface area (TPSA) is 25.4 Å². The van der Waals surface area contributed by atoms with E-state index in [9.17, 15) is 0 Å². The van der Waals surface area contributed by atoms with E-state index in [1.165, 1.54) is 22.3 Å². The van der Waals surface area contributed by atoms with Gasteiger partial charge in [0.25, 0.3) is 0 Å². The van der Waals surface area contributed by atoms with Crippen molar-refractivity contribution in [2.75, 3.05) is 18.6 Å². The Morgan fingerprint density at radius 2 is 1.40 bits per heavy atom. The van der Waals surface area contributed by atoms with Gasteiger partial charge in [-0.2, -0.15) is 0 Å². The lowest BCUT2D eigenvalue weighted by Crippen LogP contribution is -2.19. The van der Waals surface area contributed by atoms with E-state index in [0.29, 0.717) is 6.61 Å². The Balaban J connectivity index is 1.79. The second kappa shape index (κ2) is 10.0. The fourth-order valence-electron chi connectivity index (χ4n) is 4.63. The molecule has 0 saturated carbocycles. The predicted octanol–water partition coefficient (Wildman–Crippen LogP) is 7.91. The van der Waals surface area contributed by atoms with Crippen molar-refractivity contribution in [2.24, 2.45) is 0 Å². The quantitative estimate of drug-likeness (QED) is 0.248. The molecule has 0 spiro atoms. The molecule has 0 unspecified atom stereocenters. The summed E-state index contributed by atoms with van der Waals surface area (Å²) in [4.78, 5) is 7.51. The molecule has 0 fully saturated rings. The minimum atomic E-state index is 0.649. The maximum atomic E-state index is 5.73. The number of nitrogens with zero attached hydrogens (tertiary/aromatic N) is 2. The summed E-state index contributed by atoms with van der Waals surface area (Å²) in [6.45, 7) is 5.55. The second-order valence-electron chi connectivity index (χ2n) is 8.87. The van der Waals surface area contributed by atoms with E-state index >= 15 is 0 Å². The smallest absolute Gasteiger partial charge is 0.137 e. The number of hydrogen-bond donors (Lipinski definition) is 0. The number of ether oxygens (including phenoxy) is 1. The van der Waals surface area contributed by atoms with E-state index in [-0.39, 0.29) is 0 Å². The molecule has 0 radical (unpaired) electrons. The Kier molecular flexibility index (Phi) is 6.49. The molecule has 1 aromatic heterocycles. The second-order valence-corrected chi connectivity index (χ2v) is 8.87. The molecular formula is C32H30N2O. The molecule has 0 amide bonds. The van der Waals surface area contributed by atoms with Crippen molar-refractivity contribution in [3.63, 3.8) is 0 Å². The fraction of sp³-hybridized carbons (Fsp3) is 0.156. The van der Waals surface area contributed by atoms with Crippen molar-refractivity contribution in [3.05, 3.63) is 114 Å². The largest absolute Gasteiger partial charge is 0.494 e. The minimum Gasteiger partial charge on any atom is -0.494 e. The van der Waals surface area contributed by atoms with Crippen LogP contribution in [0.15, 0.2) is 103 Å². The van der Waals surface area contributed by atoms with Crippen LogP contribution in [0.25, 0.3) is 33.2 Å². The first-order chi connectivity index (χ1) is 17.1. The molecule has 0 aliphatic carbocycles. The average Bonchev–Trinajstić information content (AvgIpc) is 2.89. The first-order valence-corrected chi connectivity index (χ1v) is 12.1. The number of benzene rings is 4. The van der Waals surface area contributed by atoms with Gasteiger partial charge in [-0.25, -0.2) is 4.98 Å². The van der Waals surface area contributed by atoms with Gasteiger partial charge in [0.05, 0.1) is 12.1 Å². The summed E-state index contributed by atoms with van der Waals surface area (Å²) in [5, 5.41) is 1.16. The van der Waals surface area contributed by atoms with Crippen LogP contribution in [0.2, 0.25) is 0 Å². The van der Waals surface area contributed by atoms with Crippen LogP contribution in [0.5, 0.6) is 5.75 Å². The Morgan fingerprint density at radius 1 is 0.743 bits per heavy atom. The van der Waals surface area contributed by atoms with Gasteiger partial charge in [0.2, 0.25) is 0 Å². The van der Waals surface area contributed by atoms with Crippen molar-refractivity contribution in [3.8, 4) is 28.0 Å². The number of aryl methyl sites for hydroxylation is 1. The fourth-order valence-corrected chi connectivity index (χ4v) is 4.63. The summed E-state index contributed by atoms with van der Waals surface area (Å²) in [5.74, 6) is 1.84. The van der Waals surface area contributed by atoms with Gasteiger partial charge in [-0.3, -0.25) is 0 Å². The first-order valence-electron chi connectivity index (χ1n) is 12.1. The monoisotopic (exact) mass is 458 g/mol. The molecule has 3 nitrogen and oxygen atoms in total. The van der Waals surface area contributed by atoms with E-state index in [4.69, 9.17) is 9.72 Å². The minimum absolute atomic E-state index is 0.649. The zero-order chi connectivity index (χ0) is 24.2. The zero-order valence-electron chi connectivity index (χ0n) is 20.5. The molecule has 1 heterocycles. The highest BCUT2D eigenvalue weighted by atomic mass is 16.5. The summed E-state index contributed by atoms with van der Waals surface area (Å²) >= 11 is 0. The summed E-state index contributed by atoms with van der Waals surface area (Å²) in [5.41, 5.74) is 8.10. The van der Waals surface area contributed by atoms with E-state index < -0.39 is 0 Å². The van der Waals surface area contributed by atoms with Crippen LogP contribution in [-0.4, -0.2) is 18.6 Å². The molecule has 3 heteroatoms. The zero-order valence-corrected chi connectivity index (χ0v) is 20.5. The van der Waals surface area contributed by atoms with Crippen molar-refractivity contribution >= 4 is 16.7 Å². The molecule has 0 saturated heterocycles. The molecule has 0 aliphatic rings. The van der Waals surface area contributed by atoms with Crippen LogP contribution in [0, 0.1) is 6.92 Å². The molecule has 0 N–H and O–H groups in total. The Labute approximate surface area is 207 Å². The third-order valence-electron chi connectivity index (χ3n) is 6.26. The number of anilines is 1. The van der Waals surface area contributed by atoms with Gasteiger partial charge in [-0.05, 0) is 54.3 Å². The lowest BCUT2D eigenvalue weighted by Gasteiger charge is -2.25. The summed E-state index contributed by atoms with van der Waals surface area (Å²) in [7, 11) is 2.13. The molecule has 174 valence electrons. The summed E-state index contributed by atoms with van der Waals surface area (Å²) in [6, 6.07) is 36.2. The van der Waals surface area contributed by atoms with Crippen LogP contribution in [-0.2, 0) is 6.54 Å². The maximum absolute atomic E-state index is 5.73. The third kappa shape index (κ3) is 4.76. The highest BCUT2D eigenvalue weighted by Crippen LogP contribution is 2.43. The average molecular weight is 459 g/mol.